The van der Waals surface area contributed by atoms with Gasteiger partial charge in [0.25, 0.3) is 5.78 Å². The van der Waals surface area contributed by atoms with Crippen molar-refractivity contribution < 1.29 is 14.0 Å². The standard InChI is InChI=1S/C25H27N9O3/c26-23-29-24(30-25-28-20(31-34(23)25)19-9-5-15-37-19)33-12-4-8-18(33)22(36)32-13-10-16(11-14-32)21(35)27-17-6-2-1-3-7-17/h1-3,5-7,9,15-16,18H,4,8,10-14H2,(H,27,35)(H2,26,28,29,30,31)/t18-/m0/s1. The average Bonchev–Trinajstić information content (AvgIpc) is 3.69. The van der Waals surface area contributed by atoms with Crippen molar-refractivity contribution in [2.24, 2.45) is 5.92 Å². The highest BCUT2D eigenvalue weighted by atomic mass is 16.3. The van der Waals surface area contributed by atoms with Crippen molar-refractivity contribution in [3.63, 3.8) is 0 Å². The van der Waals surface area contributed by atoms with Gasteiger partial charge in [0.15, 0.2) is 5.76 Å². The van der Waals surface area contributed by atoms with Crippen LogP contribution in [0.15, 0.2) is 53.1 Å². The molecule has 12 heteroatoms. The summed E-state index contributed by atoms with van der Waals surface area (Å²) in [6.07, 6.45) is 4.33. The second kappa shape index (κ2) is 9.52. The van der Waals surface area contributed by atoms with Crippen molar-refractivity contribution in [2.75, 3.05) is 35.6 Å². The zero-order valence-corrected chi connectivity index (χ0v) is 20.2. The van der Waals surface area contributed by atoms with Gasteiger partial charge in [-0.2, -0.15) is 19.5 Å². The van der Waals surface area contributed by atoms with Crippen LogP contribution in [0.3, 0.4) is 0 Å². The van der Waals surface area contributed by atoms with Gasteiger partial charge < -0.3 is 25.3 Å². The minimum Gasteiger partial charge on any atom is -0.461 e. The third kappa shape index (κ3) is 4.46. The van der Waals surface area contributed by atoms with Crippen LogP contribution in [-0.2, 0) is 9.59 Å². The predicted octanol–water partition coefficient (Wildman–Crippen LogP) is 2.21. The number of hydrogen-bond acceptors (Lipinski definition) is 9. The van der Waals surface area contributed by atoms with Crippen LogP contribution in [0.5, 0.6) is 0 Å². The predicted molar refractivity (Wildman–Crippen MR) is 135 cm³/mol. The average molecular weight is 502 g/mol. The molecule has 2 amide bonds. The number of fused-ring (bicyclic) bond motifs is 1. The first kappa shape index (κ1) is 23.0. The minimum atomic E-state index is -0.385. The molecule has 1 aromatic carbocycles. The van der Waals surface area contributed by atoms with E-state index in [-0.39, 0.29) is 35.5 Å². The number of hydrogen-bond donors (Lipinski definition) is 2. The fourth-order valence-corrected chi connectivity index (χ4v) is 5.03. The van der Waals surface area contributed by atoms with Gasteiger partial charge in [0.2, 0.25) is 29.5 Å². The van der Waals surface area contributed by atoms with E-state index in [1.165, 1.54) is 4.52 Å². The third-order valence-electron chi connectivity index (χ3n) is 6.98. The summed E-state index contributed by atoms with van der Waals surface area (Å²) in [4.78, 5) is 43.4. The van der Waals surface area contributed by atoms with Crippen LogP contribution in [0.1, 0.15) is 25.7 Å². The number of nitrogen functional groups attached to an aromatic ring is 1. The van der Waals surface area contributed by atoms with Crippen LogP contribution < -0.4 is 16.0 Å². The summed E-state index contributed by atoms with van der Waals surface area (Å²) >= 11 is 0. The Balaban J connectivity index is 1.14. The molecule has 4 aromatic rings. The molecule has 0 aliphatic carbocycles. The van der Waals surface area contributed by atoms with E-state index in [2.05, 4.69) is 25.4 Å². The molecule has 0 saturated carbocycles. The molecule has 2 aliphatic heterocycles. The van der Waals surface area contributed by atoms with Crippen LogP contribution in [0.4, 0.5) is 17.6 Å². The summed E-state index contributed by atoms with van der Waals surface area (Å²) in [7, 11) is 0. The molecule has 1 atom stereocenters. The molecule has 3 N–H and O–H groups in total. The highest BCUT2D eigenvalue weighted by Crippen LogP contribution is 2.28. The monoisotopic (exact) mass is 501 g/mol. The van der Waals surface area contributed by atoms with Crippen molar-refractivity contribution in [2.45, 2.75) is 31.7 Å². The number of likely N-dealkylation sites (tertiary alicyclic amines) is 1. The number of nitrogens with zero attached hydrogens (tertiary/aromatic N) is 7. The highest BCUT2D eigenvalue weighted by Gasteiger charge is 2.37. The molecule has 6 rings (SSSR count). The Kier molecular flexibility index (Phi) is 5.91. The number of aromatic nitrogens is 5. The summed E-state index contributed by atoms with van der Waals surface area (Å²) in [6, 6.07) is 12.5. The normalized spacial score (nSPS) is 18.4. The summed E-state index contributed by atoms with van der Waals surface area (Å²) in [5.41, 5.74) is 6.96. The topological polar surface area (TPSA) is 148 Å². The second-order valence-corrected chi connectivity index (χ2v) is 9.31. The van der Waals surface area contributed by atoms with Gasteiger partial charge in [-0.1, -0.05) is 18.2 Å². The van der Waals surface area contributed by atoms with Crippen LogP contribution in [0.25, 0.3) is 17.4 Å². The molecule has 2 saturated heterocycles. The van der Waals surface area contributed by atoms with Gasteiger partial charge in [0.05, 0.1) is 6.26 Å². The Hall–Kier alpha value is -4.48. The maximum absolute atomic E-state index is 13.5. The number of carbonyl (C=O) groups is 2. The number of para-hydroxylation sites is 1. The van der Waals surface area contributed by atoms with Gasteiger partial charge in [0.1, 0.15) is 6.04 Å². The fourth-order valence-electron chi connectivity index (χ4n) is 5.03. The quantitative estimate of drug-likeness (QED) is 0.420. The molecule has 0 spiro atoms. The largest absolute Gasteiger partial charge is 0.461 e. The summed E-state index contributed by atoms with van der Waals surface area (Å²) in [5, 5.41) is 7.30. The van der Waals surface area contributed by atoms with E-state index in [0.29, 0.717) is 56.4 Å². The van der Waals surface area contributed by atoms with Crippen LogP contribution in [-0.4, -0.2) is 67.0 Å². The van der Waals surface area contributed by atoms with Gasteiger partial charge in [0, 0.05) is 31.2 Å². The van der Waals surface area contributed by atoms with Crippen LogP contribution in [0.2, 0.25) is 0 Å². The number of furan rings is 1. The minimum absolute atomic E-state index is 0.000180. The van der Waals surface area contributed by atoms with Crippen molar-refractivity contribution in [1.29, 1.82) is 0 Å². The third-order valence-corrected chi connectivity index (χ3v) is 6.98. The van der Waals surface area contributed by atoms with Gasteiger partial charge in [-0.3, -0.25) is 9.59 Å². The van der Waals surface area contributed by atoms with Gasteiger partial charge in [-0.25, -0.2) is 0 Å². The number of rotatable bonds is 5. The molecule has 12 nitrogen and oxygen atoms in total. The van der Waals surface area contributed by atoms with Crippen molar-refractivity contribution >= 4 is 35.2 Å². The second-order valence-electron chi connectivity index (χ2n) is 9.31. The van der Waals surface area contributed by atoms with Gasteiger partial charge in [-0.05, 0) is 49.9 Å². The summed E-state index contributed by atoms with van der Waals surface area (Å²) in [5.74, 6) is 1.55. The molecule has 2 fully saturated rings. The number of carbonyl (C=O) groups excluding carboxylic acids is 2. The van der Waals surface area contributed by atoms with Crippen molar-refractivity contribution in [1.82, 2.24) is 29.5 Å². The number of piperidine rings is 1. The summed E-state index contributed by atoms with van der Waals surface area (Å²) < 4.78 is 6.73. The zero-order valence-electron chi connectivity index (χ0n) is 20.2. The van der Waals surface area contributed by atoms with E-state index in [1.54, 1.807) is 18.4 Å². The molecule has 2 aliphatic rings. The first-order valence-electron chi connectivity index (χ1n) is 12.4. The first-order valence-corrected chi connectivity index (χ1v) is 12.4. The molecule has 37 heavy (non-hydrogen) atoms. The number of benzene rings is 1. The number of amides is 2. The molecule has 3 aromatic heterocycles. The number of nitrogens with one attached hydrogen (secondary N) is 1. The molecule has 190 valence electrons. The Morgan fingerprint density at radius 1 is 0.973 bits per heavy atom. The van der Waals surface area contributed by atoms with Gasteiger partial charge >= 0.3 is 0 Å². The Morgan fingerprint density at radius 2 is 1.78 bits per heavy atom. The highest BCUT2D eigenvalue weighted by molar-refractivity contribution is 5.93. The number of anilines is 3. The lowest BCUT2D eigenvalue weighted by Crippen LogP contribution is -2.49. The van der Waals surface area contributed by atoms with Crippen LogP contribution in [0, 0.1) is 5.92 Å². The lowest BCUT2D eigenvalue weighted by molar-refractivity contribution is -0.135. The van der Waals surface area contributed by atoms with Crippen molar-refractivity contribution in [3.05, 3.63) is 48.7 Å². The van der Waals surface area contributed by atoms with E-state index in [1.807, 2.05) is 40.1 Å². The maximum atomic E-state index is 13.5. The SMILES string of the molecule is Nc1nc(N2CCC[C@H]2C(=O)N2CCC(C(=O)Nc3ccccc3)CC2)nc2nc(-c3ccco3)nn12. The zero-order chi connectivity index (χ0) is 25.4. The Labute approximate surface area is 212 Å². The molecule has 0 bridgehead atoms. The van der Waals surface area contributed by atoms with E-state index in [4.69, 9.17) is 10.2 Å². The molecule has 5 heterocycles. The Bertz CT molecular complexity index is 1410. The first-order chi connectivity index (χ1) is 18.1. The molecule has 0 unspecified atom stereocenters. The summed E-state index contributed by atoms with van der Waals surface area (Å²) in [6.45, 7) is 1.71. The van der Waals surface area contributed by atoms with E-state index < -0.39 is 0 Å². The van der Waals surface area contributed by atoms with Crippen molar-refractivity contribution in [3.8, 4) is 11.6 Å². The lowest BCUT2D eigenvalue weighted by Gasteiger charge is -2.35. The van der Waals surface area contributed by atoms with E-state index >= 15 is 0 Å². The number of nitrogens with two attached hydrogens (primary N) is 1. The van der Waals surface area contributed by atoms with E-state index in [0.717, 1.165) is 12.1 Å². The van der Waals surface area contributed by atoms with E-state index in [9.17, 15) is 9.59 Å². The maximum Gasteiger partial charge on any atom is 0.259 e. The lowest BCUT2D eigenvalue weighted by atomic mass is 9.95. The Morgan fingerprint density at radius 3 is 2.54 bits per heavy atom. The fraction of sp³-hybridized carbons (Fsp3) is 0.360. The van der Waals surface area contributed by atoms with Gasteiger partial charge in [-0.15, -0.1) is 5.10 Å². The van der Waals surface area contributed by atoms with Crippen LogP contribution >= 0.6 is 0 Å². The molecular weight excluding hydrogens is 474 g/mol. The molecular formula is C25H27N9O3. The molecule has 0 radical (unpaired) electrons. The smallest absolute Gasteiger partial charge is 0.259 e.